The van der Waals surface area contributed by atoms with Crippen molar-refractivity contribution in [3.63, 3.8) is 0 Å². The van der Waals surface area contributed by atoms with E-state index in [2.05, 4.69) is 21.8 Å². The minimum atomic E-state index is -3.77. The lowest BCUT2D eigenvalue weighted by Gasteiger charge is -2.45. The third-order valence-electron chi connectivity index (χ3n) is 9.30. The minimum Gasteiger partial charge on any atom is -0.490 e. The fraction of sp³-hybridized carbons (Fsp3) is 0.516. The number of sulfonamides is 1. The molecule has 0 aromatic heterocycles. The highest BCUT2D eigenvalue weighted by Crippen LogP contribution is 2.46. The van der Waals surface area contributed by atoms with Crippen LogP contribution in [0.2, 0.25) is 5.02 Å². The molecule has 0 radical (unpaired) electrons. The number of hydrogen-bond acceptors (Lipinski definition) is 6. The largest absolute Gasteiger partial charge is 0.490 e. The first-order valence-corrected chi connectivity index (χ1v) is 16.4. The van der Waals surface area contributed by atoms with Crippen LogP contribution in [0.3, 0.4) is 0 Å². The average Bonchev–Trinajstić information content (AvgIpc) is 3.05. The van der Waals surface area contributed by atoms with Crippen molar-refractivity contribution in [2.75, 3.05) is 30.3 Å². The summed E-state index contributed by atoms with van der Waals surface area (Å²) < 4.78 is 34.0. The molecule has 7 nitrogen and oxygen atoms in total. The number of aliphatic hydroxyl groups excluding tert-OH is 1. The number of amides is 1. The smallest absolute Gasteiger partial charge is 0.264 e. The molecule has 2 N–H and O–H groups in total. The summed E-state index contributed by atoms with van der Waals surface area (Å²) in [5.74, 6) is 0.440. The zero-order valence-corrected chi connectivity index (χ0v) is 24.2. The Morgan fingerprint density at radius 1 is 1.10 bits per heavy atom. The maximum Gasteiger partial charge on any atom is 0.264 e. The first-order valence-electron chi connectivity index (χ1n) is 14.4. The summed E-state index contributed by atoms with van der Waals surface area (Å²) in [5, 5.41) is 11.8. The van der Waals surface area contributed by atoms with Gasteiger partial charge in [-0.1, -0.05) is 29.8 Å². The first-order chi connectivity index (χ1) is 19.2. The summed E-state index contributed by atoms with van der Waals surface area (Å²) in [6.45, 7) is 1.94. The summed E-state index contributed by atoms with van der Waals surface area (Å²) in [5.41, 5.74) is 3.36. The summed E-state index contributed by atoms with van der Waals surface area (Å²) in [6.07, 6.45) is 10.0. The van der Waals surface area contributed by atoms with Gasteiger partial charge in [0, 0.05) is 29.1 Å². The lowest BCUT2D eigenvalue weighted by Crippen LogP contribution is -2.49. The van der Waals surface area contributed by atoms with Crippen molar-refractivity contribution < 1.29 is 23.1 Å². The SMILES string of the molecule is O=C1NS(=O)(=O)CCC/C=C/C[C@H](O)[C@@H]2CC[C@H]2CN2C[C@@]3(CCCc4cc(Cl)ccc43)COc3ccc1cc32. The number of ether oxygens (including phenoxy) is 1. The van der Waals surface area contributed by atoms with Gasteiger partial charge in [0.1, 0.15) is 5.75 Å². The molecule has 2 heterocycles. The molecule has 0 saturated heterocycles. The summed E-state index contributed by atoms with van der Waals surface area (Å²) in [7, 11) is -3.77. The maximum atomic E-state index is 13.1. The number of halogens is 1. The third-order valence-corrected chi connectivity index (χ3v) is 10.9. The summed E-state index contributed by atoms with van der Waals surface area (Å²) >= 11 is 6.37. The topological polar surface area (TPSA) is 95.9 Å². The third kappa shape index (κ3) is 5.50. The molecule has 1 fully saturated rings. The van der Waals surface area contributed by atoms with E-state index in [1.54, 1.807) is 18.2 Å². The second-order valence-electron chi connectivity index (χ2n) is 12.0. The molecular weight excluding hydrogens is 548 g/mol. The molecule has 40 heavy (non-hydrogen) atoms. The number of rotatable bonds is 0. The highest BCUT2D eigenvalue weighted by Gasteiger charge is 2.44. The van der Waals surface area contributed by atoms with Crippen molar-refractivity contribution in [2.24, 2.45) is 11.8 Å². The minimum absolute atomic E-state index is 0.136. The van der Waals surface area contributed by atoms with Gasteiger partial charge in [0.15, 0.2) is 0 Å². The molecule has 2 aromatic rings. The fourth-order valence-electron chi connectivity index (χ4n) is 7.04. The van der Waals surface area contributed by atoms with E-state index in [0.29, 0.717) is 44.1 Å². The van der Waals surface area contributed by atoms with Crippen molar-refractivity contribution in [2.45, 2.75) is 62.9 Å². The van der Waals surface area contributed by atoms with Crippen LogP contribution in [0.4, 0.5) is 5.69 Å². The van der Waals surface area contributed by atoms with Gasteiger partial charge in [-0.05, 0) is 105 Å². The quantitative estimate of drug-likeness (QED) is 0.423. The lowest BCUT2D eigenvalue weighted by atomic mass is 9.68. The van der Waals surface area contributed by atoms with E-state index >= 15 is 0 Å². The fourth-order valence-corrected chi connectivity index (χ4v) is 8.28. The normalized spacial score (nSPS) is 30.9. The van der Waals surface area contributed by atoms with E-state index in [9.17, 15) is 18.3 Å². The van der Waals surface area contributed by atoms with E-state index in [-0.39, 0.29) is 22.6 Å². The van der Waals surface area contributed by atoms with Crippen molar-refractivity contribution in [3.05, 3.63) is 70.3 Å². The molecule has 6 rings (SSSR count). The van der Waals surface area contributed by atoms with Crippen molar-refractivity contribution in [1.29, 1.82) is 0 Å². The average molecular weight is 585 g/mol. The van der Waals surface area contributed by atoms with E-state index in [1.807, 2.05) is 18.2 Å². The number of allylic oxidation sites excluding steroid dienone is 1. The van der Waals surface area contributed by atoms with E-state index in [1.165, 1.54) is 11.1 Å². The monoisotopic (exact) mass is 584 g/mol. The number of hydrogen-bond donors (Lipinski definition) is 2. The predicted octanol–water partition coefficient (Wildman–Crippen LogP) is 5.00. The Balaban J connectivity index is 1.40. The predicted molar refractivity (Wildman–Crippen MR) is 157 cm³/mol. The molecule has 1 saturated carbocycles. The molecule has 2 aromatic carbocycles. The number of fused-ring (bicyclic) bond motifs is 4. The number of anilines is 1. The van der Waals surface area contributed by atoms with Crippen LogP contribution in [0.5, 0.6) is 5.75 Å². The highest BCUT2D eigenvalue weighted by molar-refractivity contribution is 7.90. The van der Waals surface area contributed by atoms with Crippen LogP contribution in [-0.4, -0.2) is 51.0 Å². The van der Waals surface area contributed by atoms with Gasteiger partial charge < -0.3 is 14.7 Å². The van der Waals surface area contributed by atoms with Crippen molar-refractivity contribution >= 4 is 33.2 Å². The molecule has 2 bridgehead atoms. The Morgan fingerprint density at radius 3 is 2.80 bits per heavy atom. The molecule has 0 unspecified atom stereocenters. The highest BCUT2D eigenvalue weighted by atomic mass is 35.5. The van der Waals surface area contributed by atoms with Crippen LogP contribution in [0.25, 0.3) is 0 Å². The molecule has 4 aliphatic rings. The van der Waals surface area contributed by atoms with Crippen LogP contribution in [0.15, 0.2) is 48.6 Å². The number of aliphatic hydroxyl groups is 1. The summed E-state index contributed by atoms with van der Waals surface area (Å²) in [6, 6.07) is 11.4. The number of nitrogens with one attached hydrogen (secondary N) is 1. The van der Waals surface area contributed by atoms with Crippen LogP contribution in [-0.2, 0) is 21.9 Å². The molecule has 9 heteroatoms. The van der Waals surface area contributed by atoms with Gasteiger partial charge in [-0.25, -0.2) is 13.1 Å². The molecule has 2 aliphatic heterocycles. The molecule has 214 valence electrons. The summed E-state index contributed by atoms with van der Waals surface area (Å²) in [4.78, 5) is 15.4. The molecule has 1 amide bonds. The second-order valence-corrected chi connectivity index (χ2v) is 14.2. The van der Waals surface area contributed by atoms with E-state index in [0.717, 1.165) is 49.4 Å². The molecular formula is C31H37ClN2O5S. The van der Waals surface area contributed by atoms with Gasteiger partial charge in [0.05, 0.1) is 24.2 Å². The zero-order chi connectivity index (χ0) is 27.9. The van der Waals surface area contributed by atoms with Crippen LogP contribution in [0.1, 0.15) is 66.4 Å². The Labute approximate surface area is 241 Å². The van der Waals surface area contributed by atoms with Crippen LogP contribution >= 0.6 is 11.6 Å². The Bertz CT molecular complexity index is 1430. The van der Waals surface area contributed by atoms with Gasteiger partial charge >= 0.3 is 0 Å². The Kier molecular flexibility index (Phi) is 7.61. The van der Waals surface area contributed by atoms with Crippen molar-refractivity contribution in [3.8, 4) is 5.75 Å². The lowest BCUT2D eigenvalue weighted by molar-refractivity contribution is 0.0177. The number of carbonyl (C=O) groups is 1. The number of benzene rings is 2. The molecule has 4 atom stereocenters. The Hall–Kier alpha value is -2.55. The van der Waals surface area contributed by atoms with Gasteiger partial charge in [0.25, 0.3) is 5.91 Å². The van der Waals surface area contributed by atoms with Crippen molar-refractivity contribution in [1.82, 2.24) is 4.72 Å². The van der Waals surface area contributed by atoms with Gasteiger partial charge in [-0.3, -0.25) is 4.79 Å². The number of nitrogens with zero attached hydrogens (tertiary/aromatic N) is 1. The Morgan fingerprint density at radius 2 is 1.98 bits per heavy atom. The number of aryl methyl sites for hydroxylation is 1. The maximum absolute atomic E-state index is 13.1. The van der Waals surface area contributed by atoms with E-state index in [4.69, 9.17) is 16.3 Å². The first kappa shape index (κ1) is 27.6. The van der Waals surface area contributed by atoms with Gasteiger partial charge in [-0.2, -0.15) is 0 Å². The van der Waals surface area contributed by atoms with Crippen LogP contribution < -0.4 is 14.4 Å². The van der Waals surface area contributed by atoms with Gasteiger partial charge in [0.2, 0.25) is 10.0 Å². The standard InChI is InChI=1S/C31H37ClN2O5S/c32-24-10-12-26-21(16-24)6-5-14-31(26)19-34-18-23-8-11-25(23)28(35)7-3-1-2-4-15-40(37,38)33-30(36)22-9-13-29(39-20-31)27(34)17-22/h1,3,9-10,12-13,16-17,23,25,28,35H,2,4-8,11,14-15,18-20H2,(H,33,36)/b3-1+/t23-,25+,28-,31-/m0/s1. The van der Waals surface area contributed by atoms with E-state index < -0.39 is 22.0 Å². The van der Waals surface area contributed by atoms with Crippen LogP contribution in [0, 0.1) is 11.8 Å². The zero-order valence-electron chi connectivity index (χ0n) is 22.6. The number of carbonyl (C=O) groups excluding carboxylic acids is 1. The molecule has 1 spiro atoms. The second kappa shape index (κ2) is 11.0. The van der Waals surface area contributed by atoms with Gasteiger partial charge in [-0.15, -0.1) is 0 Å². The molecule has 2 aliphatic carbocycles.